The lowest BCUT2D eigenvalue weighted by Crippen LogP contribution is -2.37. The summed E-state index contributed by atoms with van der Waals surface area (Å²) < 4.78 is 0. The number of nitro groups is 1. The highest BCUT2D eigenvalue weighted by Gasteiger charge is 2.36. The van der Waals surface area contributed by atoms with E-state index in [1.54, 1.807) is 31.3 Å². The monoisotopic (exact) mass is 485 g/mol. The number of amides is 3. The van der Waals surface area contributed by atoms with Gasteiger partial charge in [-0.3, -0.25) is 29.5 Å². The maximum absolute atomic E-state index is 13.0. The number of carbonyl (C=O) groups is 3. The van der Waals surface area contributed by atoms with Gasteiger partial charge >= 0.3 is 0 Å². The van der Waals surface area contributed by atoms with Crippen molar-refractivity contribution >= 4 is 46.2 Å². The maximum Gasteiger partial charge on any atom is 0.269 e. The summed E-state index contributed by atoms with van der Waals surface area (Å²) in [6.45, 7) is 1.22. The highest BCUT2D eigenvalue weighted by atomic mass is 16.6. The number of hydrogen-bond donors (Lipinski definition) is 2. The van der Waals surface area contributed by atoms with E-state index in [-0.39, 0.29) is 30.0 Å². The minimum Gasteiger partial charge on any atom is -0.347 e. The molecular formula is C26H23N5O5. The highest BCUT2D eigenvalue weighted by molar-refractivity contribution is 6.24. The molecule has 3 amide bonds. The van der Waals surface area contributed by atoms with Crippen molar-refractivity contribution in [1.82, 2.24) is 5.32 Å². The number of hydrogen-bond acceptors (Lipinski definition) is 6. The van der Waals surface area contributed by atoms with Crippen molar-refractivity contribution in [3.8, 4) is 0 Å². The summed E-state index contributed by atoms with van der Waals surface area (Å²) in [6, 6.07) is 20.3. The number of nitro benzene ring substituents is 1. The first-order valence-corrected chi connectivity index (χ1v) is 11.1. The molecule has 0 saturated heterocycles. The molecule has 0 spiro atoms. The van der Waals surface area contributed by atoms with Crippen molar-refractivity contribution in [2.45, 2.75) is 12.8 Å². The van der Waals surface area contributed by atoms with E-state index < -0.39 is 10.8 Å². The number of benzene rings is 3. The molecule has 0 radical (unpaired) electrons. The second kappa shape index (κ2) is 10.2. The summed E-state index contributed by atoms with van der Waals surface area (Å²) in [4.78, 5) is 53.4. The Morgan fingerprint density at radius 1 is 1.08 bits per heavy atom. The lowest BCUT2D eigenvalue weighted by molar-refractivity contribution is -0.384. The number of nitrogens with one attached hydrogen (secondary N) is 2. The second-order valence-corrected chi connectivity index (χ2v) is 8.19. The van der Waals surface area contributed by atoms with E-state index in [4.69, 9.17) is 4.99 Å². The van der Waals surface area contributed by atoms with Crippen LogP contribution in [-0.2, 0) is 14.4 Å². The number of likely N-dealkylation sites (N-methyl/N-ethyl adjacent to an activating group) is 1. The second-order valence-electron chi connectivity index (χ2n) is 8.19. The SMILES string of the molecule is CC(=O)NCC(=O)N(C)c1ccc(N=C(c2ccccc2)C2C(=O)Nc3ccc([N+](=O)[O-])cc32)cc1. The van der Waals surface area contributed by atoms with Crippen LogP contribution in [0.2, 0.25) is 0 Å². The average Bonchev–Trinajstić information content (AvgIpc) is 3.20. The van der Waals surface area contributed by atoms with Gasteiger partial charge in [0, 0.05) is 43.0 Å². The Hall–Kier alpha value is -4.86. The first-order valence-electron chi connectivity index (χ1n) is 11.1. The summed E-state index contributed by atoms with van der Waals surface area (Å²) in [5.41, 5.74) is 3.15. The average molecular weight is 486 g/mol. The molecule has 1 heterocycles. The topological polar surface area (TPSA) is 134 Å². The molecule has 0 saturated carbocycles. The molecule has 10 nitrogen and oxygen atoms in total. The van der Waals surface area contributed by atoms with Crippen LogP contribution in [0.15, 0.2) is 77.8 Å². The molecule has 3 aromatic carbocycles. The molecule has 1 atom stereocenters. The van der Waals surface area contributed by atoms with E-state index in [1.165, 1.54) is 30.0 Å². The van der Waals surface area contributed by atoms with E-state index in [1.807, 2.05) is 30.3 Å². The van der Waals surface area contributed by atoms with Crippen LogP contribution < -0.4 is 15.5 Å². The smallest absolute Gasteiger partial charge is 0.269 e. The maximum atomic E-state index is 13.0. The van der Waals surface area contributed by atoms with Gasteiger partial charge < -0.3 is 15.5 Å². The van der Waals surface area contributed by atoms with Crippen LogP contribution in [0.1, 0.15) is 24.0 Å². The lowest BCUT2D eigenvalue weighted by atomic mass is 9.90. The molecule has 36 heavy (non-hydrogen) atoms. The summed E-state index contributed by atoms with van der Waals surface area (Å²) >= 11 is 0. The Balaban J connectivity index is 1.70. The van der Waals surface area contributed by atoms with Gasteiger partial charge in [0.15, 0.2) is 0 Å². The quantitative estimate of drug-likeness (QED) is 0.300. The van der Waals surface area contributed by atoms with Gasteiger partial charge in [0.25, 0.3) is 5.69 Å². The molecule has 2 N–H and O–H groups in total. The summed E-state index contributed by atoms with van der Waals surface area (Å²) in [5, 5.41) is 16.6. The summed E-state index contributed by atoms with van der Waals surface area (Å²) in [5.74, 6) is -1.75. The highest BCUT2D eigenvalue weighted by Crippen LogP contribution is 2.38. The fourth-order valence-electron chi connectivity index (χ4n) is 3.89. The zero-order chi connectivity index (χ0) is 25.8. The predicted molar refractivity (Wildman–Crippen MR) is 136 cm³/mol. The van der Waals surface area contributed by atoms with E-state index in [2.05, 4.69) is 10.6 Å². The lowest BCUT2D eigenvalue weighted by Gasteiger charge is -2.18. The van der Waals surface area contributed by atoms with Crippen LogP contribution in [0.5, 0.6) is 0 Å². The molecule has 10 heteroatoms. The first kappa shape index (κ1) is 24.3. The number of aliphatic imine (C=N–C) groups is 1. The van der Waals surface area contributed by atoms with Crippen LogP contribution in [0, 0.1) is 10.1 Å². The van der Waals surface area contributed by atoms with Crippen LogP contribution >= 0.6 is 0 Å². The third-order valence-corrected chi connectivity index (χ3v) is 5.77. The fourth-order valence-corrected chi connectivity index (χ4v) is 3.89. The molecule has 0 fully saturated rings. The zero-order valence-electron chi connectivity index (χ0n) is 19.6. The molecule has 3 aromatic rings. The normalized spacial score (nSPS) is 14.6. The number of fused-ring (bicyclic) bond motifs is 1. The van der Waals surface area contributed by atoms with Crippen LogP contribution in [0.3, 0.4) is 0 Å². The van der Waals surface area contributed by atoms with Crippen molar-refractivity contribution in [3.05, 3.63) is 94.0 Å². The molecule has 1 aliphatic rings. The first-order chi connectivity index (χ1) is 17.2. The molecule has 0 aromatic heterocycles. The van der Waals surface area contributed by atoms with Crippen LogP contribution in [-0.4, -0.2) is 41.9 Å². The number of anilines is 2. The van der Waals surface area contributed by atoms with Gasteiger partial charge in [-0.25, -0.2) is 0 Å². The van der Waals surface area contributed by atoms with E-state index >= 15 is 0 Å². The summed E-state index contributed by atoms with van der Waals surface area (Å²) in [6.07, 6.45) is 0. The van der Waals surface area contributed by atoms with E-state index in [9.17, 15) is 24.5 Å². The van der Waals surface area contributed by atoms with Crippen molar-refractivity contribution in [1.29, 1.82) is 0 Å². The minimum absolute atomic E-state index is 0.112. The van der Waals surface area contributed by atoms with Gasteiger partial charge in [0.05, 0.1) is 22.9 Å². The van der Waals surface area contributed by atoms with Crippen molar-refractivity contribution in [2.75, 3.05) is 23.8 Å². The van der Waals surface area contributed by atoms with Gasteiger partial charge in [-0.05, 0) is 35.9 Å². The molecule has 1 unspecified atom stereocenters. The standard InChI is InChI=1S/C26H23N5O5/c1-16(32)27-15-23(33)30(2)19-10-8-18(9-11-19)28-25(17-6-4-3-5-7-17)24-21-14-20(31(35)36)12-13-22(21)29-26(24)34/h3-14,24H,15H2,1-2H3,(H,27,32)(H,29,34). The van der Waals surface area contributed by atoms with Gasteiger partial charge in [0.1, 0.15) is 5.92 Å². The van der Waals surface area contributed by atoms with E-state index in [0.717, 1.165) is 0 Å². The van der Waals surface area contributed by atoms with Crippen LogP contribution in [0.25, 0.3) is 0 Å². The minimum atomic E-state index is -0.844. The Morgan fingerprint density at radius 2 is 1.78 bits per heavy atom. The predicted octanol–water partition coefficient (Wildman–Crippen LogP) is 3.55. The molecule has 0 bridgehead atoms. The number of non-ortho nitro benzene ring substituents is 1. The Morgan fingerprint density at radius 3 is 2.42 bits per heavy atom. The zero-order valence-corrected chi connectivity index (χ0v) is 19.6. The molecule has 0 aliphatic carbocycles. The summed E-state index contributed by atoms with van der Waals surface area (Å²) in [7, 11) is 1.60. The Bertz CT molecular complexity index is 1370. The number of rotatable bonds is 7. The van der Waals surface area contributed by atoms with Gasteiger partial charge in [0.2, 0.25) is 17.7 Å². The Labute approximate surface area is 206 Å². The van der Waals surface area contributed by atoms with Crippen molar-refractivity contribution < 1.29 is 19.3 Å². The van der Waals surface area contributed by atoms with Gasteiger partial charge in [-0.2, -0.15) is 0 Å². The van der Waals surface area contributed by atoms with Gasteiger partial charge in [-0.15, -0.1) is 0 Å². The largest absolute Gasteiger partial charge is 0.347 e. The fraction of sp³-hybridized carbons (Fsp3) is 0.154. The third kappa shape index (κ3) is 5.12. The number of nitrogens with zero attached hydrogens (tertiary/aromatic N) is 3. The van der Waals surface area contributed by atoms with Crippen LogP contribution in [0.4, 0.5) is 22.7 Å². The van der Waals surface area contributed by atoms with E-state index in [0.29, 0.717) is 33.9 Å². The van der Waals surface area contributed by atoms with Crippen molar-refractivity contribution in [3.63, 3.8) is 0 Å². The third-order valence-electron chi connectivity index (χ3n) is 5.77. The molecule has 4 rings (SSSR count). The molecule has 1 aliphatic heterocycles. The van der Waals surface area contributed by atoms with Crippen molar-refractivity contribution in [2.24, 2.45) is 4.99 Å². The molecular weight excluding hydrogens is 462 g/mol. The molecule has 182 valence electrons. The number of carbonyl (C=O) groups excluding carboxylic acids is 3. The van der Waals surface area contributed by atoms with Gasteiger partial charge in [-0.1, -0.05) is 30.3 Å². The Kier molecular flexibility index (Phi) is 6.86.